The molecule has 3 heterocycles. The topological polar surface area (TPSA) is 78.8 Å². The van der Waals surface area contributed by atoms with Crippen LogP contribution in [0.2, 0.25) is 10.0 Å². The molecule has 0 bridgehead atoms. The van der Waals surface area contributed by atoms with E-state index < -0.39 is 0 Å². The smallest absolute Gasteiger partial charge is 0.250 e. The van der Waals surface area contributed by atoms with E-state index in [2.05, 4.69) is 30.3 Å². The molecular formula is C25H27Cl2N7O. The lowest BCUT2D eigenvalue weighted by Crippen LogP contribution is -2.25. The number of rotatable bonds is 8. The molecule has 2 aromatic carbocycles. The Hall–Kier alpha value is -3.10. The fourth-order valence-electron chi connectivity index (χ4n) is 4.14. The Labute approximate surface area is 214 Å². The molecule has 2 fully saturated rings. The summed E-state index contributed by atoms with van der Waals surface area (Å²) < 4.78 is 5.84. The molecule has 1 N–H and O–H groups in total. The maximum Gasteiger partial charge on any atom is 0.250 e. The minimum Gasteiger partial charge on any atom is -0.489 e. The first-order valence-corrected chi connectivity index (χ1v) is 12.6. The Morgan fingerprint density at radius 2 is 1.49 bits per heavy atom. The van der Waals surface area contributed by atoms with Crippen molar-refractivity contribution in [2.45, 2.75) is 32.3 Å². The quantitative estimate of drug-likeness (QED) is 0.320. The highest BCUT2D eigenvalue weighted by atomic mass is 35.5. The molecule has 5 rings (SSSR count). The molecule has 10 heteroatoms. The Morgan fingerprint density at radius 3 is 2.09 bits per heavy atom. The van der Waals surface area contributed by atoms with Crippen molar-refractivity contribution in [1.82, 2.24) is 15.0 Å². The van der Waals surface area contributed by atoms with Crippen LogP contribution in [0.5, 0.6) is 5.75 Å². The van der Waals surface area contributed by atoms with Crippen LogP contribution in [0.4, 0.5) is 17.8 Å². The van der Waals surface area contributed by atoms with Crippen LogP contribution in [0.1, 0.15) is 36.8 Å². The van der Waals surface area contributed by atoms with Crippen molar-refractivity contribution in [2.75, 3.05) is 41.4 Å². The fourth-order valence-corrected chi connectivity index (χ4v) is 4.60. The van der Waals surface area contributed by atoms with Gasteiger partial charge in [-0.3, -0.25) is 0 Å². The summed E-state index contributed by atoms with van der Waals surface area (Å²) >= 11 is 12.2. The van der Waals surface area contributed by atoms with Gasteiger partial charge >= 0.3 is 0 Å². The number of anilines is 3. The minimum atomic E-state index is 0.364. The van der Waals surface area contributed by atoms with Crippen molar-refractivity contribution in [2.24, 2.45) is 5.10 Å². The molecule has 2 aliphatic heterocycles. The van der Waals surface area contributed by atoms with Gasteiger partial charge in [-0.25, -0.2) is 5.43 Å². The maximum atomic E-state index is 6.21. The Kier molecular flexibility index (Phi) is 7.49. The number of aromatic nitrogens is 3. The second kappa shape index (κ2) is 11.1. The number of halogens is 2. The van der Waals surface area contributed by atoms with Gasteiger partial charge in [0.15, 0.2) is 0 Å². The first-order chi connectivity index (χ1) is 17.1. The number of nitrogens with one attached hydrogen (secondary N) is 1. The predicted molar refractivity (Wildman–Crippen MR) is 141 cm³/mol. The van der Waals surface area contributed by atoms with Gasteiger partial charge in [0.1, 0.15) is 12.4 Å². The molecule has 0 unspecified atom stereocenters. The molecule has 0 amide bonds. The fraction of sp³-hybridized carbons (Fsp3) is 0.360. The lowest BCUT2D eigenvalue weighted by Gasteiger charge is -2.20. The molecule has 3 aromatic rings. The second-order valence-corrected chi connectivity index (χ2v) is 9.45. The number of hydrazone groups is 1. The highest BCUT2D eigenvalue weighted by Crippen LogP contribution is 2.24. The van der Waals surface area contributed by atoms with Crippen molar-refractivity contribution in [3.63, 3.8) is 0 Å². The van der Waals surface area contributed by atoms with Gasteiger partial charge in [-0.05, 0) is 67.6 Å². The third kappa shape index (κ3) is 6.13. The number of hydrogen-bond acceptors (Lipinski definition) is 8. The van der Waals surface area contributed by atoms with E-state index >= 15 is 0 Å². The highest BCUT2D eigenvalue weighted by Gasteiger charge is 2.21. The summed E-state index contributed by atoms with van der Waals surface area (Å²) in [6.07, 6.45) is 6.39. The summed E-state index contributed by atoms with van der Waals surface area (Å²) in [4.78, 5) is 18.4. The van der Waals surface area contributed by atoms with E-state index in [4.69, 9.17) is 32.9 Å². The molecule has 0 spiro atoms. The van der Waals surface area contributed by atoms with Gasteiger partial charge in [0, 0.05) is 41.8 Å². The van der Waals surface area contributed by atoms with Gasteiger partial charge in [-0.1, -0.05) is 29.3 Å². The molecule has 0 radical (unpaired) electrons. The van der Waals surface area contributed by atoms with Crippen LogP contribution in [0.25, 0.3) is 0 Å². The van der Waals surface area contributed by atoms with Gasteiger partial charge in [0.25, 0.3) is 0 Å². The van der Waals surface area contributed by atoms with E-state index in [1.165, 1.54) is 0 Å². The Balaban J connectivity index is 1.22. The number of hydrogen-bond donors (Lipinski definition) is 1. The van der Waals surface area contributed by atoms with Crippen molar-refractivity contribution >= 4 is 47.3 Å². The van der Waals surface area contributed by atoms with Crippen molar-refractivity contribution < 1.29 is 4.74 Å². The van der Waals surface area contributed by atoms with Crippen molar-refractivity contribution in [3.05, 3.63) is 63.6 Å². The molecule has 8 nitrogen and oxygen atoms in total. The third-order valence-electron chi connectivity index (χ3n) is 6.06. The summed E-state index contributed by atoms with van der Waals surface area (Å²) in [5.74, 6) is 2.64. The molecule has 1 aromatic heterocycles. The number of ether oxygens (including phenoxy) is 1. The standard InChI is InChI=1S/C25H27Cl2N7O/c26-20-8-7-19(22(27)15-20)17-35-21-9-5-18(6-10-21)16-28-32-23-29-24(33-11-1-2-12-33)31-25(30-23)34-13-3-4-14-34/h5-10,15-16H,1-4,11-14,17H2,(H,29,30,31,32). The van der Waals surface area contributed by atoms with Crippen LogP contribution in [-0.2, 0) is 6.61 Å². The van der Waals surface area contributed by atoms with E-state index in [1.54, 1.807) is 18.3 Å². The van der Waals surface area contributed by atoms with E-state index in [9.17, 15) is 0 Å². The van der Waals surface area contributed by atoms with Crippen LogP contribution < -0.4 is 20.0 Å². The van der Waals surface area contributed by atoms with Gasteiger partial charge in [0.2, 0.25) is 17.8 Å². The van der Waals surface area contributed by atoms with E-state index in [0.29, 0.717) is 22.6 Å². The van der Waals surface area contributed by atoms with Gasteiger partial charge in [0.05, 0.1) is 6.21 Å². The summed E-state index contributed by atoms with van der Waals surface area (Å²) in [6.45, 7) is 4.27. The zero-order chi connectivity index (χ0) is 24.0. The van der Waals surface area contributed by atoms with Gasteiger partial charge < -0.3 is 14.5 Å². The lowest BCUT2D eigenvalue weighted by atomic mass is 10.2. The molecule has 182 valence electrons. The zero-order valence-corrected chi connectivity index (χ0v) is 20.8. The summed E-state index contributed by atoms with van der Waals surface area (Å²) in [7, 11) is 0. The van der Waals surface area contributed by atoms with Crippen molar-refractivity contribution in [1.29, 1.82) is 0 Å². The van der Waals surface area contributed by atoms with Crippen molar-refractivity contribution in [3.8, 4) is 5.75 Å². The number of benzene rings is 2. The largest absolute Gasteiger partial charge is 0.489 e. The molecule has 2 aliphatic rings. The SMILES string of the molecule is Clc1ccc(COc2ccc(C=NNc3nc(N4CCCC4)nc(N4CCCC4)n3)cc2)c(Cl)c1. The average molecular weight is 512 g/mol. The number of nitrogens with zero attached hydrogens (tertiary/aromatic N) is 6. The summed E-state index contributed by atoms with van der Waals surface area (Å²) in [5.41, 5.74) is 4.79. The van der Waals surface area contributed by atoms with Crippen LogP contribution in [0.3, 0.4) is 0 Å². The Bertz CT molecular complexity index is 1140. The normalized spacial score (nSPS) is 15.8. The maximum absolute atomic E-state index is 6.21. The zero-order valence-electron chi connectivity index (χ0n) is 19.3. The molecule has 35 heavy (non-hydrogen) atoms. The minimum absolute atomic E-state index is 0.364. The highest BCUT2D eigenvalue weighted by molar-refractivity contribution is 6.35. The van der Waals surface area contributed by atoms with Crippen LogP contribution in [0, 0.1) is 0 Å². The monoisotopic (exact) mass is 511 g/mol. The predicted octanol–water partition coefficient (Wildman–Crippen LogP) is 5.40. The van der Waals surface area contributed by atoms with E-state index in [-0.39, 0.29) is 0 Å². The molecule has 2 saturated heterocycles. The molecule has 0 saturated carbocycles. The Morgan fingerprint density at radius 1 is 0.857 bits per heavy atom. The molecule has 0 aliphatic carbocycles. The van der Waals surface area contributed by atoms with Gasteiger partial charge in [-0.2, -0.15) is 20.1 Å². The van der Waals surface area contributed by atoms with Crippen LogP contribution in [0.15, 0.2) is 47.6 Å². The molecular weight excluding hydrogens is 485 g/mol. The van der Waals surface area contributed by atoms with E-state index in [1.807, 2.05) is 30.3 Å². The van der Waals surface area contributed by atoms with Gasteiger partial charge in [-0.15, -0.1) is 0 Å². The van der Waals surface area contributed by atoms with Crippen LogP contribution in [-0.4, -0.2) is 47.3 Å². The summed E-state index contributed by atoms with van der Waals surface area (Å²) in [6, 6.07) is 13.0. The van der Waals surface area contributed by atoms with E-state index in [0.717, 1.165) is 80.6 Å². The average Bonchev–Trinajstić information content (AvgIpc) is 3.59. The first kappa shape index (κ1) is 23.6. The second-order valence-electron chi connectivity index (χ2n) is 8.61. The molecule has 0 atom stereocenters. The lowest BCUT2D eigenvalue weighted by molar-refractivity contribution is 0.306. The third-order valence-corrected chi connectivity index (χ3v) is 6.64. The first-order valence-electron chi connectivity index (χ1n) is 11.9. The van der Waals surface area contributed by atoms with Crippen LogP contribution >= 0.6 is 23.2 Å². The summed E-state index contributed by atoms with van der Waals surface area (Å²) in [5, 5.41) is 5.55.